The smallest absolute Gasteiger partial charge is 0.203 e. The van der Waals surface area contributed by atoms with Gasteiger partial charge in [-0.2, -0.15) is 0 Å². The van der Waals surface area contributed by atoms with Gasteiger partial charge in [0.25, 0.3) is 0 Å². The van der Waals surface area contributed by atoms with Gasteiger partial charge in [-0.3, -0.25) is 4.98 Å². The number of anilines is 1. The van der Waals surface area contributed by atoms with E-state index in [4.69, 9.17) is 0 Å². The van der Waals surface area contributed by atoms with Gasteiger partial charge in [0.15, 0.2) is 0 Å². The monoisotopic (exact) mass is 214 g/mol. The lowest BCUT2D eigenvalue weighted by molar-refractivity contribution is 0.518. The van der Waals surface area contributed by atoms with Gasteiger partial charge in [0.1, 0.15) is 0 Å². The lowest BCUT2D eigenvalue weighted by atomic mass is 10.1. The van der Waals surface area contributed by atoms with Gasteiger partial charge < -0.3 is 9.88 Å². The Balaban J connectivity index is 2.05. The molecule has 0 aromatic carbocycles. The van der Waals surface area contributed by atoms with Gasteiger partial charge >= 0.3 is 0 Å². The van der Waals surface area contributed by atoms with E-state index in [9.17, 15) is 0 Å². The van der Waals surface area contributed by atoms with Crippen molar-refractivity contribution in [1.82, 2.24) is 14.5 Å². The zero-order valence-electron chi connectivity index (χ0n) is 9.22. The third kappa shape index (κ3) is 1.46. The first-order chi connectivity index (χ1) is 7.84. The largest absolute Gasteiger partial charge is 0.356 e. The van der Waals surface area contributed by atoms with Crippen LogP contribution < -0.4 is 5.32 Å². The van der Waals surface area contributed by atoms with E-state index < -0.39 is 0 Å². The average Bonchev–Trinajstić information content (AvgIpc) is 2.70. The van der Waals surface area contributed by atoms with Crippen molar-refractivity contribution in [1.29, 1.82) is 0 Å². The summed E-state index contributed by atoms with van der Waals surface area (Å²) >= 11 is 0. The number of rotatable bonds is 1. The molecule has 0 aliphatic carbocycles. The Bertz CT molecular complexity index is 489. The van der Waals surface area contributed by atoms with Crippen molar-refractivity contribution in [3.63, 3.8) is 0 Å². The van der Waals surface area contributed by atoms with Gasteiger partial charge in [0.2, 0.25) is 5.95 Å². The molecule has 1 N–H and O–H groups in total. The molecule has 1 atom stereocenters. The molecular weight excluding hydrogens is 200 g/mol. The summed E-state index contributed by atoms with van der Waals surface area (Å²) in [7, 11) is 0. The summed E-state index contributed by atoms with van der Waals surface area (Å²) in [4.78, 5) is 8.89. The van der Waals surface area contributed by atoms with Gasteiger partial charge in [-0.25, -0.2) is 4.98 Å². The molecule has 0 fully saturated rings. The highest BCUT2D eigenvalue weighted by molar-refractivity contribution is 5.34. The maximum Gasteiger partial charge on any atom is 0.203 e. The van der Waals surface area contributed by atoms with Crippen LogP contribution in [0, 0.1) is 6.92 Å². The van der Waals surface area contributed by atoms with Crippen LogP contribution in [0.1, 0.15) is 23.9 Å². The number of nitrogens with one attached hydrogen (secondary N) is 1. The van der Waals surface area contributed by atoms with E-state index in [1.165, 1.54) is 0 Å². The van der Waals surface area contributed by atoms with Crippen molar-refractivity contribution < 1.29 is 0 Å². The van der Waals surface area contributed by atoms with Crippen molar-refractivity contribution in [2.75, 3.05) is 11.9 Å². The number of nitrogens with zero attached hydrogens (tertiary/aromatic N) is 3. The number of imidazole rings is 1. The molecule has 1 unspecified atom stereocenters. The Morgan fingerprint density at radius 2 is 2.38 bits per heavy atom. The number of pyridine rings is 1. The molecule has 1 aliphatic heterocycles. The highest BCUT2D eigenvalue weighted by Gasteiger charge is 2.22. The summed E-state index contributed by atoms with van der Waals surface area (Å²) in [5.74, 6) is 0.958. The first-order valence-corrected chi connectivity index (χ1v) is 5.55. The summed E-state index contributed by atoms with van der Waals surface area (Å²) in [5, 5.41) is 3.31. The minimum Gasteiger partial charge on any atom is -0.356 e. The van der Waals surface area contributed by atoms with E-state index in [0.717, 1.165) is 30.3 Å². The topological polar surface area (TPSA) is 42.7 Å². The molecule has 0 radical (unpaired) electrons. The molecule has 0 saturated heterocycles. The molecule has 3 rings (SSSR count). The molecule has 0 spiro atoms. The van der Waals surface area contributed by atoms with Gasteiger partial charge in [0, 0.05) is 18.9 Å². The summed E-state index contributed by atoms with van der Waals surface area (Å²) in [6.07, 6.45) is 4.99. The fourth-order valence-electron chi connectivity index (χ4n) is 2.21. The highest BCUT2D eigenvalue weighted by Crippen LogP contribution is 2.28. The third-order valence-electron chi connectivity index (χ3n) is 2.92. The van der Waals surface area contributed by atoms with Crippen LogP contribution >= 0.6 is 0 Å². The van der Waals surface area contributed by atoms with Crippen LogP contribution in [0.3, 0.4) is 0 Å². The van der Waals surface area contributed by atoms with Crippen LogP contribution in [0.2, 0.25) is 0 Å². The van der Waals surface area contributed by atoms with E-state index in [0.29, 0.717) is 6.04 Å². The predicted octanol–water partition coefficient (Wildman–Crippen LogP) is 1.99. The molecule has 4 nitrogen and oxygen atoms in total. The van der Waals surface area contributed by atoms with Crippen molar-refractivity contribution in [2.45, 2.75) is 19.4 Å². The second kappa shape index (κ2) is 3.63. The fraction of sp³-hybridized carbons (Fsp3) is 0.333. The minimum absolute atomic E-state index is 0.318. The number of hydrogen-bond acceptors (Lipinski definition) is 3. The normalized spacial score (nSPS) is 18.9. The molecule has 4 heteroatoms. The van der Waals surface area contributed by atoms with Crippen LogP contribution in [0.15, 0.2) is 30.6 Å². The first-order valence-electron chi connectivity index (χ1n) is 5.55. The van der Waals surface area contributed by atoms with E-state index in [-0.39, 0.29) is 0 Å². The van der Waals surface area contributed by atoms with Crippen LogP contribution in [0.4, 0.5) is 5.95 Å². The van der Waals surface area contributed by atoms with Gasteiger partial charge in [-0.1, -0.05) is 6.07 Å². The van der Waals surface area contributed by atoms with E-state index >= 15 is 0 Å². The molecule has 3 heterocycles. The van der Waals surface area contributed by atoms with Crippen LogP contribution in [0.5, 0.6) is 0 Å². The number of hydrogen-bond donors (Lipinski definition) is 1. The van der Waals surface area contributed by atoms with Crippen LogP contribution in [-0.4, -0.2) is 21.1 Å². The summed E-state index contributed by atoms with van der Waals surface area (Å²) < 4.78 is 2.18. The maximum atomic E-state index is 4.45. The van der Waals surface area contributed by atoms with Crippen molar-refractivity contribution >= 4 is 5.95 Å². The number of aromatic nitrogens is 3. The predicted molar refractivity (Wildman–Crippen MR) is 62.4 cm³/mol. The van der Waals surface area contributed by atoms with Gasteiger partial charge in [-0.05, 0) is 25.5 Å². The summed E-state index contributed by atoms with van der Waals surface area (Å²) in [5.41, 5.74) is 2.16. The molecule has 82 valence electrons. The zero-order valence-corrected chi connectivity index (χ0v) is 9.22. The second-order valence-electron chi connectivity index (χ2n) is 4.10. The van der Waals surface area contributed by atoms with Crippen molar-refractivity contribution in [3.05, 3.63) is 42.0 Å². The highest BCUT2D eigenvalue weighted by atomic mass is 15.2. The Kier molecular flexibility index (Phi) is 2.13. The quantitative estimate of drug-likeness (QED) is 0.789. The summed E-state index contributed by atoms with van der Waals surface area (Å²) in [6, 6.07) is 6.38. The Morgan fingerprint density at radius 3 is 3.19 bits per heavy atom. The maximum absolute atomic E-state index is 4.45. The molecule has 0 amide bonds. The first kappa shape index (κ1) is 9.39. The van der Waals surface area contributed by atoms with Gasteiger partial charge in [0.05, 0.1) is 17.4 Å². The molecule has 1 aliphatic rings. The van der Waals surface area contributed by atoms with E-state index in [1.807, 2.05) is 25.3 Å². The molecule has 2 aromatic rings. The van der Waals surface area contributed by atoms with E-state index in [1.54, 1.807) is 0 Å². The Labute approximate surface area is 94.4 Å². The Hall–Kier alpha value is -1.84. The molecule has 0 bridgehead atoms. The van der Waals surface area contributed by atoms with Crippen molar-refractivity contribution in [2.24, 2.45) is 0 Å². The third-order valence-corrected chi connectivity index (χ3v) is 2.92. The minimum atomic E-state index is 0.318. The fourth-order valence-corrected chi connectivity index (χ4v) is 2.21. The second-order valence-corrected chi connectivity index (χ2v) is 4.10. The molecule has 2 aromatic heterocycles. The molecule has 0 saturated carbocycles. The number of aryl methyl sites for hydroxylation is 1. The molecule has 16 heavy (non-hydrogen) atoms. The van der Waals surface area contributed by atoms with Crippen molar-refractivity contribution in [3.8, 4) is 0 Å². The lowest BCUT2D eigenvalue weighted by Gasteiger charge is -2.25. The van der Waals surface area contributed by atoms with Crippen LogP contribution in [0.25, 0.3) is 0 Å². The summed E-state index contributed by atoms with van der Waals surface area (Å²) in [6.45, 7) is 2.97. The Morgan fingerprint density at radius 1 is 1.44 bits per heavy atom. The molecular formula is C12H14N4. The standard InChI is InChI=1S/C12H14N4/c1-9-8-16-11(5-7-14-12(16)15-9)10-4-2-3-6-13-10/h2-4,6,8,11H,5,7H2,1H3,(H,14,15). The van der Waals surface area contributed by atoms with E-state index in [2.05, 4.69) is 32.1 Å². The lowest BCUT2D eigenvalue weighted by Crippen LogP contribution is -2.23. The average molecular weight is 214 g/mol. The van der Waals surface area contributed by atoms with Crippen LogP contribution in [-0.2, 0) is 0 Å². The number of fused-ring (bicyclic) bond motifs is 1. The van der Waals surface area contributed by atoms with Gasteiger partial charge in [-0.15, -0.1) is 0 Å². The SMILES string of the molecule is Cc1cn2c(n1)NCCC2c1ccccn1. The zero-order chi connectivity index (χ0) is 11.0.